The summed E-state index contributed by atoms with van der Waals surface area (Å²) in [6.45, 7) is 0.525. The van der Waals surface area contributed by atoms with Crippen LogP contribution in [-0.4, -0.2) is 37.4 Å². The van der Waals surface area contributed by atoms with Crippen LogP contribution in [0.5, 0.6) is 0 Å². The van der Waals surface area contributed by atoms with Gasteiger partial charge in [0, 0.05) is 22.5 Å². The highest BCUT2D eigenvalue weighted by atomic mass is 79.9. The minimum atomic E-state index is -3.36. The Bertz CT molecular complexity index is 642. The third-order valence-electron chi connectivity index (χ3n) is 4.22. The number of halogens is 1. The smallest absolute Gasteiger partial charge is 0.182 e. The van der Waals surface area contributed by atoms with E-state index in [0.717, 1.165) is 17.9 Å². The summed E-state index contributed by atoms with van der Waals surface area (Å²) >= 11 is 5.18. The number of thioether (sulfide) groups is 1. The van der Waals surface area contributed by atoms with Gasteiger partial charge < -0.3 is 10.5 Å². The van der Waals surface area contributed by atoms with Gasteiger partial charge in [0.1, 0.15) is 0 Å². The molecule has 2 heterocycles. The molecule has 1 spiro atoms. The monoisotopic (exact) mass is 391 g/mol. The van der Waals surface area contributed by atoms with E-state index < -0.39 is 9.84 Å². The largest absolute Gasteiger partial charge is 0.399 e. The molecule has 1 aromatic carbocycles. The molecule has 2 unspecified atom stereocenters. The number of hydrogen-bond acceptors (Lipinski definition) is 5. The van der Waals surface area contributed by atoms with Gasteiger partial charge in [-0.1, -0.05) is 0 Å². The fourth-order valence-electron chi connectivity index (χ4n) is 3.04. The lowest BCUT2D eigenvalue weighted by molar-refractivity contribution is -0.0572. The minimum absolute atomic E-state index is 0.235. The Morgan fingerprint density at radius 1 is 1.43 bits per heavy atom. The Morgan fingerprint density at radius 2 is 2.24 bits per heavy atom. The van der Waals surface area contributed by atoms with Gasteiger partial charge >= 0.3 is 0 Å². The molecule has 0 aliphatic carbocycles. The van der Waals surface area contributed by atoms with Gasteiger partial charge in [-0.15, -0.1) is 0 Å². The molecule has 2 N–H and O–H groups in total. The number of anilines is 1. The molecule has 0 aromatic heterocycles. The van der Waals surface area contributed by atoms with Gasteiger partial charge in [-0.2, -0.15) is 11.8 Å². The second-order valence-corrected chi connectivity index (χ2v) is 9.84. The van der Waals surface area contributed by atoms with Gasteiger partial charge in [-0.05, 0) is 59.1 Å². The van der Waals surface area contributed by atoms with Crippen molar-refractivity contribution in [2.45, 2.75) is 35.0 Å². The summed E-state index contributed by atoms with van der Waals surface area (Å²) in [5.41, 5.74) is 6.01. The van der Waals surface area contributed by atoms with E-state index in [1.165, 1.54) is 0 Å². The van der Waals surface area contributed by atoms with Crippen LogP contribution in [0.1, 0.15) is 19.3 Å². The SMILES string of the molecule is Nc1ccc(S(=O)(=O)C2CCOC3(CCSC3)C2)c(Br)c1. The number of nitrogens with two attached hydrogens (primary N) is 1. The third kappa shape index (κ3) is 2.98. The zero-order valence-corrected chi connectivity index (χ0v) is 14.8. The Hall–Kier alpha value is -0.240. The van der Waals surface area contributed by atoms with Crippen molar-refractivity contribution in [2.75, 3.05) is 23.8 Å². The Balaban J connectivity index is 1.90. The summed E-state index contributed by atoms with van der Waals surface area (Å²) in [5.74, 6) is 1.96. The fraction of sp³-hybridized carbons (Fsp3) is 0.571. The second kappa shape index (κ2) is 5.76. The summed E-state index contributed by atoms with van der Waals surface area (Å²) in [5, 5.41) is -0.370. The maximum absolute atomic E-state index is 12.9. The van der Waals surface area contributed by atoms with E-state index in [4.69, 9.17) is 10.5 Å². The summed E-state index contributed by atoms with van der Waals surface area (Å²) in [6, 6.07) is 4.88. The molecule has 0 bridgehead atoms. The molecule has 2 atom stereocenters. The quantitative estimate of drug-likeness (QED) is 0.784. The zero-order chi connectivity index (χ0) is 15.1. The molecule has 0 radical (unpaired) electrons. The van der Waals surface area contributed by atoms with Crippen LogP contribution in [0.3, 0.4) is 0 Å². The summed E-state index contributed by atoms with van der Waals surface area (Å²) in [7, 11) is -3.36. The number of sulfone groups is 1. The average molecular weight is 392 g/mol. The molecule has 2 aliphatic rings. The van der Waals surface area contributed by atoms with E-state index in [2.05, 4.69) is 15.9 Å². The van der Waals surface area contributed by atoms with Gasteiger partial charge in [0.2, 0.25) is 0 Å². The summed E-state index contributed by atoms with van der Waals surface area (Å²) in [4.78, 5) is 0.337. The van der Waals surface area contributed by atoms with Crippen LogP contribution in [0, 0.1) is 0 Å². The molecule has 2 saturated heterocycles. The van der Waals surface area contributed by atoms with Gasteiger partial charge in [0.15, 0.2) is 9.84 Å². The van der Waals surface area contributed by atoms with E-state index in [9.17, 15) is 8.42 Å². The van der Waals surface area contributed by atoms with Crippen molar-refractivity contribution >= 4 is 43.2 Å². The average Bonchev–Trinajstić information content (AvgIpc) is 2.86. The number of ether oxygens (including phenoxy) is 1. The van der Waals surface area contributed by atoms with Crippen LogP contribution < -0.4 is 5.73 Å². The van der Waals surface area contributed by atoms with Crippen molar-refractivity contribution < 1.29 is 13.2 Å². The van der Waals surface area contributed by atoms with E-state index in [1.54, 1.807) is 18.2 Å². The first-order valence-electron chi connectivity index (χ1n) is 6.94. The molecule has 2 aliphatic heterocycles. The van der Waals surface area contributed by atoms with Crippen LogP contribution in [0.4, 0.5) is 5.69 Å². The molecule has 0 amide bonds. The van der Waals surface area contributed by atoms with E-state index in [-0.39, 0.29) is 10.9 Å². The number of hydrogen-bond donors (Lipinski definition) is 1. The minimum Gasteiger partial charge on any atom is -0.399 e. The van der Waals surface area contributed by atoms with Gasteiger partial charge in [0.05, 0.1) is 15.7 Å². The van der Waals surface area contributed by atoms with Crippen molar-refractivity contribution in [3.8, 4) is 0 Å². The molecule has 2 fully saturated rings. The first-order valence-corrected chi connectivity index (χ1v) is 10.4. The molecule has 1 aromatic rings. The predicted molar refractivity (Wildman–Crippen MR) is 89.4 cm³/mol. The topological polar surface area (TPSA) is 69.4 Å². The van der Waals surface area contributed by atoms with E-state index >= 15 is 0 Å². The van der Waals surface area contributed by atoms with Crippen molar-refractivity contribution in [3.63, 3.8) is 0 Å². The van der Waals surface area contributed by atoms with Crippen LogP contribution in [0.2, 0.25) is 0 Å². The van der Waals surface area contributed by atoms with Crippen molar-refractivity contribution in [3.05, 3.63) is 22.7 Å². The highest BCUT2D eigenvalue weighted by Crippen LogP contribution is 2.42. The molecule has 116 valence electrons. The summed E-state index contributed by atoms with van der Waals surface area (Å²) < 4.78 is 32.3. The highest BCUT2D eigenvalue weighted by Gasteiger charge is 2.45. The second-order valence-electron chi connectivity index (χ2n) is 5.68. The predicted octanol–water partition coefficient (Wildman–Crippen LogP) is 2.86. The molecule has 0 saturated carbocycles. The first kappa shape index (κ1) is 15.6. The summed E-state index contributed by atoms with van der Waals surface area (Å²) in [6.07, 6.45) is 2.11. The van der Waals surface area contributed by atoms with E-state index in [1.807, 2.05) is 11.8 Å². The van der Waals surface area contributed by atoms with Crippen molar-refractivity contribution in [1.29, 1.82) is 0 Å². The molecular formula is C14H18BrNO3S2. The van der Waals surface area contributed by atoms with Gasteiger partial charge in [-0.25, -0.2) is 8.42 Å². The number of benzene rings is 1. The number of nitrogen functional groups attached to an aromatic ring is 1. The van der Waals surface area contributed by atoms with Crippen LogP contribution >= 0.6 is 27.7 Å². The standard InChI is InChI=1S/C14H18BrNO3S2/c15-12-7-10(16)1-2-13(12)21(17,18)11-3-5-19-14(8-11)4-6-20-9-14/h1-2,7,11H,3-6,8-9,16H2. The van der Waals surface area contributed by atoms with Crippen molar-refractivity contribution in [1.82, 2.24) is 0 Å². The number of rotatable bonds is 2. The van der Waals surface area contributed by atoms with Crippen molar-refractivity contribution in [2.24, 2.45) is 0 Å². The van der Waals surface area contributed by atoms with Crippen LogP contribution in [0.15, 0.2) is 27.6 Å². The lowest BCUT2D eigenvalue weighted by Crippen LogP contribution is -2.44. The lowest BCUT2D eigenvalue weighted by Gasteiger charge is -2.37. The van der Waals surface area contributed by atoms with E-state index in [0.29, 0.717) is 34.5 Å². The lowest BCUT2D eigenvalue weighted by atomic mass is 9.93. The van der Waals surface area contributed by atoms with Gasteiger partial charge in [0.25, 0.3) is 0 Å². The molecular weight excluding hydrogens is 374 g/mol. The molecule has 3 rings (SSSR count). The van der Waals surface area contributed by atoms with Gasteiger partial charge in [-0.3, -0.25) is 0 Å². The normalized spacial score (nSPS) is 29.9. The molecule has 21 heavy (non-hydrogen) atoms. The first-order chi connectivity index (χ1) is 9.93. The Kier molecular flexibility index (Phi) is 4.29. The Labute approximate surface area is 137 Å². The van der Waals surface area contributed by atoms with Crippen LogP contribution in [0.25, 0.3) is 0 Å². The Morgan fingerprint density at radius 3 is 2.90 bits per heavy atom. The zero-order valence-electron chi connectivity index (χ0n) is 11.5. The molecule has 7 heteroatoms. The fourth-order valence-corrected chi connectivity index (χ4v) is 7.37. The molecule has 4 nitrogen and oxygen atoms in total. The third-order valence-corrected chi connectivity index (χ3v) is 8.61. The maximum atomic E-state index is 12.9. The highest BCUT2D eigenvalue weighted by molar-refractivity contribution is 9.10. The maximum Gasteiger partial charge on any atom is 0.182 e. The van der Waals surface area contributed by atoms with Crippen LogP contribution in [-0.2, 0) is 14.6 Å².